The number of halogens is 2. The monoisotopic (exact) mass is 558 g/mol. The number of aromatic nitrogens is 4. The minimum absolute atomic E-state index is 0.0193. The van der Waals surface area contributed by atoms with E-state index in [1.165, 1.54) is 4.57 Å². The zero-order chi connectivity index (χ0) is 28.4. The molecule has 0 saturated carbocycles. The maximum absolute atomic E-state index is 15.5. The van der Waals surface area contributed by atoms with Gasteiger partial charge in [-0.15, -0.1) is 0 Å². The molecule has 1 amide bonds. The molecule has 10 nitrogen and oxygen atoms in total. The third-order valence-corrected chi connectivity index (χ3v) is 7.14. The van der Waals surface area contributed by atoms with E-state index >= 15 is 4.39 Å². The van der Waals surface area contributed by atoms with E-state index in [9.17, 15) is 9.59 Å². The number of fused-ring (bicyclic) bond motifs is 2. The maximum atomic E-state index is 15.5. The fourth-order valence-corrected chi connectivity index (χ4v) is 5.48. The van der Waals surface area contributed by atoms with Gasteiger partial charge in [-0.3, -0.25) is 4.98 Å². The van der Waals surface area contributed by atoms with Crippen LogP contribution >= 0.6 is 11.6 Å². The van der Waals surface area contributed by atoms with E-state index < -0.39 is 34.4 Å². The van der Waals surface area contributed by atoms with Gasteiger partial charge in [0.1, 0.15) is 23.4 Å². The van der Waals surface area contributed by atoms with Crippen LogP contribution in [0.1, 0.15) is 58.7 Å². The summed E-state index contributed by atoms with van der Waals surface area (Å²) in [6.07, 6.45) is 1.23. The number of nitrogens with zero attached hydrogens (tertiary/aromatic N) is 6. The summed E-state index contributed by atoms with van der Waals surface area (Å²) in [5.74, 6) is -0.731. The molecule has 0 radical (unpaired) electrons. The second-order valence-electron chi connectivity index (χ2n) is 11.4. The number of carbonyl (C=O) groups excluding carboxylic acids is 1. The fraction of sp³-hybridized carbons (Fsp3) is 0.519. The van der Waals surface area contributed by atoms with Crippen molar-refractivity contribution in [2.75, 3.05) is 24.6 Å². The van der Waals surface area contributed by atoms with Crippen molar-refractivity contribution in [1.29, 1.82) is 0 Å². The van der Waals surface area contributed by atoms with Gasteiger partial charge >= 0.3 is 11.8 Å². The quantitative estimate of drug-likeness (QED) is 0.420. The molecule has 2 atom stereocenters. The molecule has 1 fully saturated rings. The number of piperazine rings is 1. The van der Waals surface area contributed by atoms with Crippen LogP contribution in [0.2, 0.25) is 5.15 Å². The summed E-state index contributed by atoms with van der Waals surface area (Å²) in [4.78, 5) is 43.5. The number of hydrogen-bond donors (Lipinski definition) is 0. The molecule has 3 aromatic heterocycles. The van der Waals surface area contributed by atoms with E-state index in [0.717, 1.165) is 5.56 Å². The van der Waals surface area contributed by atoms with Gasteiger partial charge in [0.2, 0.25) is 5.82 Å². The minimum Gasteiger partial charge on any atom is -0.487 e. The molecule has 12 heteroatoms. The van der Waals surface area contributed by atoms with Crippen LogP contribution in [0, 0.1) is 12.7 Å². The molecule has 208 valence electrons. The number of carbonyl (C=O) groups is 1. The van der Waals surface area contributed by atoms with Crippen LogP contribution in [0.4, 0.5) is 15.0 Å². The highest BCUT2D eigenvalue weighted by atomic mass is 35.5. The van der Waals surface area contributed by atoms with Crippen molar-refractivity contribution in [3.63, 3.8) is 0 Å². The van der Waals surface area contributed by atoms with E-state index in [2.05, 4.69) is 15.0 Å². The fourth-order valence-electron chi connectivity index (χ4n) is 5.32. The van der Waals surface area contributed by atoms with Crippen molar-refractivity contribution < 1.29 is 18.7 Å². The predicted octanol–water partition coefficient (Wildman–Crippen LogP) is 4.61. The summed E-state index contributed by atoms with van der Waals surface area (Å²) < 4.78 is 28.4. The number of rotatable bonds is 2. The summed E-state index contributed by atoms with van der Waals surface area (Å²) in [6.45, 7) is 13.7. The average molecular weight is 559 g/mol. The van der Waals surface area contributed by atoms with Crippen molar-refractivity contribution in [3.8, 4) is 11.4 Å². The van der Waals surface area contributed by atoms with Crippen LogP contribution in [0.5, 0.6) is 5.75 Å². The molecule has 5 heterocycles. The lowest BCUT2D eigenvalue weighted by atomic mass is 10.0. The highest BCUT2D eigenvalue weighted by Crippen LogP contribution is 2.42. The molecule has 0 N–H and O–H groups in total. The second-order valence-corrected chi connectivity index (χ2v) is 11.8. The van der Waals surface area contributed by atoms with E-state index in [-0.39, 0.29) is 47.7 Å². The Morgan fingerprint density at radius 3 is 2.64 bits per heavy atom. The van der Waals surface area contributed by atoms with E-state index in [4.69, 9.17) is 21.1 Å². The number of amides is 1. The summed E-state index contributed by atoms with van der Waals surface area (Å²) in [5, 5.41) is -0.173. The van der Waals surface area contributed by atoms with Gasteiger partial charge in [-0.25, -0.2) is 19.1 Å². The lowest BCUT2D eigenvalue weighted by molar-refractivity contribution is 0.0172. The van der Waals surface area contributed by atoms with Crippen molar-refractivity contribution in [2.45, 2.75) is 72.1 Å². The molecule has 0 spiro atoms. The van der Waals surface area contributed by atoms with Gasteiger partial charge in [0.15, 0.2) is 16.5 Å². The van der Waals surface area contributed by atoms with E-state index in [0.29, 0.717) is 17.9 Å². The van der Waals surface area contributed by atoms with Gasteiger partial charge in [0.25, 0.3) is 0 Å². The number of pyridine rings is 2. The topological polar surface area (TPSA) is 103 Å². The maximum Gasteiger partial charge on any atom is 0.410 e. The Morgan fingerprint density at radius 2 is 1.97 bits per heavy atom. The summed E-state index contributed by atoms with van der Waals surface area (Å²) in [6, 6.07) is 1.08. The first-order valence-electron chi connectivity index (χ1n) is 12.9. The third kappa shape index (κ3) is 4.66. The predicted molar refractivity (Wildman–Crippen MR) is 146 cm³/mol. The van der Waals surface area contributed by atoms with Gasteiger partial charge in [0, 0.05) is 25.3 Å². The Balaban J connectivity index is 1.72. The minimum atomic E-state index is -0.832. The molecule has 0 bridgehead atoms. The summed E-state index contributed by atoms with van der Waals surface area (Å²) >= 11 is 6.26. The smallest absolute Gasteiger partial charge is 0.410 e. The summed E-state index contributed by atoms with van der Waals surface area (Å²) in [7, 11) is 0. The van der Waals surface area contributed by atoms with Crippen LogP contribution in [0.15, 0.2) is 17.1 Å². The van der Waals surface area contributed by atoms with Crippen LogP contribution in [0.3, 0.4) is 0 Å². The molecule has 0 aliphatic carbocycles. The van der Waals surface area contributed by atoms with E-state index in [1.54, 1.807) is 37.9 Å². The second kappa shape index (κ2) is 9.62. The summed E-state index contributed by atoms with van der Waals surface area (Å²) in [5.41, 5.74) is 0.858. The van der Waals surface area contributed by atoms with Gasteiger partial charge in [-0.2, -0.15) is 9.37 Å². The van der Waals surface area contributed by atoms with Crippen molar-refractivity contribution >= 4 is 34.5 Å². The number of hydrogen-bond acceptors (Lipinski definition) is 8. The van der Waals surface area contributed by atoms with Crippen molar-refractivity contribution in [2.24, 2.45) is 0 Å². The molecule has 2 aliphatic heterocycles. The average Bonchev–Trinajstić information content (AvgIpc) is 2.99. The largest absolute Gasteiger partial charge is 0.487 e. The number of ether oxygens (including phenoxy) is 2. The Bertz CT molecular complexity index is 1540. The Morgan fingerprint density at radius 1 is 1.26 bits per heavy atom. The number of anilines is 1. The van der Waals surface area contributed by atoms with Crippen LogP contribution < -0.4 is 15.3 Å². The number of aryl methyl sites for hydroxylation is 1. The van der Waals surface area contributed by atoms with Crippen LogP contribution in [0.25, 0.3) is 16.7 Å². The lowest BCUT2D eigenvalue weighted by Gasteiger charge is -2.45. The van der Waals surface area contributed by atoms with Crippen molar-refractivity contribution in [1.82, 2.24) is 24.4 Å². The standard InChI is InChI=1S/C27H32ClFN6O4/c1-13(2)19-20(14(3)8-9-30-19)35-23-17-21(18(29)22(28)31-23)38-12-16-11-33(26(37)39-27(5,6)7)10-15(4)34(16)24(17)32-25(35)36/h8-9,13,15-16H,10-12H2,1-7H3/t15-,16+/m0/s1. The first-order chi connectivity index (χ1) is 18.3. The van der Waals surface area contributed by atoms with E-state index in [1.807, 2.05) is 32.6 Å². The first kappa shape index (κ1) is 27.1. The molecular weight excluding hydrogens is 527 g/mol. The lowest BCUT2D eigenvalue weighted by Crippen LogP contribution is -2.61. The molecular formula is C27H32ClFN6O4. The molecule has 5 rings (SSSR count). The SMILES string of the molecule is Cc1ccnc(C(C)C)c1-n1c(=O)nc2c3c(c(F)c(Cl)nc31)OC[C@H]1CN(C(=O)OC(C)(C)C)C[C@H](C)N21. The molecule has 2 aliphatic rings. The van der Waals surface area contributed by atoms with Crippen LogP contribution in [-0.4, -0.2) is 67.9 Å². The van der Waals surface area contributed by atoms with Crippen molar-refractivity contribution in [3.05, 3.63) is 45.0 Å². The molecule has 1 saturated heterocycles. The van der Waals surface area contributed by atoms with Gasteiger partial charge < -0.3 is 19.3 Å². The highest BCUT2D eigenvalue weighted by molar-refractivity contribution is 6.30. The normalized spacial score (nSPS) is 19.1. The Labute approximate surface area is 230 Å². The third-order valence-electron chi connectivity index (χ3n) is 6.89. The first-order valence-corrected chi connectivity index (χ1v) is 13.3. The zero-order valence-electron chi connectivity index (χ0n) is 23.1. The zero-order valence-corrected chi connectivity index (χ0v) is 23.8. The molecule has 0 aromatic carbocycles. The van der Waals surface area contributed by atoms with Gasteiger partial charge in [0.05, 0.1) is 17.4 Å². The Hall–Kier alpha value is -3.47. The van der Waals surface area contributed by atoms with Gasteiger partial charge in [-0.1, -0.05) is 25.4 Å². The molecule has 0 unspecified atom stereocenters. The van der Waals surface area contributed by atoms with Crippen LogP contribution in [-0.2, 0) is 4.74 Å². The van der Waals surface area contributed by atoms with Gasteiger partial charge in [-0.05, 0) is 52.2 Å². The molecule has 3 aromatic rings. The molecule has 39 heavy (non-hydrogen) atoms. The Kier molecular flexibility index (Phi) is 6.69. The highest BCUT2D eigenvalue weighted by Gasteiger charge is 2.41.